The van der Waals surface area contributed by atoms with Gasteiger partial charge in [-0.3, -0.25) is 4.79 Å². The smallest absolute Gasteiger partial charge is 0.245 e. The second-order valence-electron chi connectivity index (χ2n) is 11.7. The van der Waals surface area contributed by atoms with E-state index in [-0.39, 0.29) is 5.91 Å². The first-order chi connectivity index (χ1) is 17.8. The summed E-state index contributed by atoms with van der Waals surface area (Å²) in [6, 6.07) is 0. The van der Waals surface area contributed by atoms with E-state index in [1.807, 2.05) is 0 Å². The molecule has 202 valence electrons. The minimum absolute atomic E-state index is 0.181. The van der Waals surface area contributed by atoms with Crippen LogP contribution in [0.4, 0.5) is 0 Å². The van der Waals surface area contributed by atoms with Crippen molar-refractivity contribution in [3.63, 3.8) is 0 Å². The number of primary amides is 1. The monoisotopic (exact) mass is 493 g/mol. The minimum Gasteiger partial charge on any atom is -0.366 e. The lowest BCUT2D eigenvalue weighted by Gasteiger charge is -2.23. The number of allylic oxidation sites excluding steroid dienone is 7. The van der Waals surface area contributed by atoms with Gasteiger partial charge >= 0.3 is 0 Å². The van der Waals surface area contributed by atoms with Gasteiger partial charge in [0.05, 0.1) is 0 Å². The van der Waals surface area contributed by atoms with E-state index in [2.05, 4.69) is 18.2 Å². The molecule has 0 aliphatic heterocycles. The highest BCUT2D eigenvalue weighted by Gasteiger charge is 2.21. The van der Waals surface area contributed by atoms with Crippen molar-refractivity contribution in [1.29, 1.82) is 0 Å². The Labute approximate surface area is 223 Å². The van der Waals surface area contributed by atoms with Crippen LogP contribution in [-0.2, 0) is 4.79 Å². The van der Waals surface area contributed by atoms with Crippen LogP contribution in [0.2, 0.25) is 0 Å². The largest absolute Gasteiger partial charge is 0.366 e. The third kappa shape index (κ3) is 10.8. The average molecular weight is 494 g/mol. The molecule has 0 spiro atoms. The first-order valence-corrected chi connectivity index (χ1v) is 15.9. The van der Waals surface area contributed by atoms with Gasteiger partial charge in [0.1, 0.15) is 0 Å². The quantitative estimate of drug-likeness (QED) is 0.300. The molecule has 0 saturated heterocycles. The summed E-state index contributed by atoms with van der Waals surface area (Å²) in [6.45, 7) is 0. The van der Waals surface area contributed by atoms with Gasteiger partial charge in [0.15, 0.2) is 0 Å². The third-order valence-corrected chi connectivity index (χ3v) is 8.61. The molecule has 0 radical (unpaired) electrons. The Balaban J connectivity index is 2.01. The van der Waals surface area contributed by atoms with E-state index in [1.54, 1.807) is 0 Å². The summed E-state index contributed by atoms with van der Waals surface area (Å²) in [5.74, 6) is -0.181. The Kier molecular flexibility index (Phi) is 14.3. The maximum atomic E-state index is 13.2. The van der Waals surface area contributed by atoms with Gasteiger partial charge in [-0.1, -0.05) is 101 Å². The standard InChI is InChI=1S/C34H55NO/c35-34(36)32(28-29-22-16-10-4-1-5-11-17-23-29)33(30-24-18-12-6-2-7-13-19-25-30)31-26-20-14-8-3-9-15-21-27-31/h22,24,26H,1-21,23,25,27-28H2,(H2,35,36)/b29-22+,30-24+,31-26+. The van der Waals surface area contributed by atoms with Gasteiger partial charge in [-0.05, 0) is 100 Å². The number of hydrogen-bond donors (Lipinski definition) is 1. The maximum Gasteiger partial charge on any atom is 0.245 e. The van der Waals surface area contributed by atoms with Gasteiger partial charge in [-0.2, -0.15) is 0 Å². The molecule has 36 heavy (non-hydrogen) atoms. The van der Waals surface area contributed by atoms with Crippen molar-refractivity contribution in [2.45, 2.75) is 161 Å². The predicted octanol–water partition coefficient (Wildman–Crippen LogP) is 10.3. The third-order valence-electron chi connectivity index (χ3n) is 8.61. The highest BCUT2D eigenvalue weighted by Crippen LogP contribution is 2.36. The fourth-order valence-corrected chi connectivity index (χ4v) is 6.44. The van der Waals surface area contributed by atoms with Crippen LogP contribution in [0.1, 0.15) is 161 Å². The number of carbonyl (C=O) groups is 1. The van der Waals surface area contributed by atoms with E-state index in [4.69, 9.17) is 5.73 Å². The lowest BCUT2D eigenvalue weighted by atomic mass is 9.82. The van der Waals surface area contributed by atoms with Crippen molar-refractivity contribution < 1.29 is 4.79 Å². The summed E-state index contributed by atoms with van der Waals surface area (Å²) in [6.07, 6.45) is 38.7. The first kappa shape index (κ1) is 29.0. The van der Waals surface area contributed by atoms with Crippen molar-refractivity contribution in [1.82, 2.24) is 0 Å². The highest BCUT2D eigenvalue weighted by atomic mass is 16.1. The normalized spacial score (nSPS) is 26.6. The number of carbonyl (C=O) groups excluding carboxylic acids is 1. The van der Waals surface area contributed by atoms with Crippen molar-refractivity contribution >= 4 is 5.91 Å². The van der Waals surface area contributed by atoms with Gasteiger partial charge in [-0.15, -0.1) is 0 Å². The minimum atomic E-state index is -0.181. The number of nitrogens with two attached hydrogens (primary N) is 1. The zero-order valence-corrected chi connectivity index (χ0v) is 23.4. The molecule has 0 aromatic heterocycles. The zero-order chi connectivity index (χ0) is 25.3. The summed E-state index contributed by atoms with van der Waals surface area (Å²) in [5.41, 5.74) is 12.8. The number of rotatable bonds is 5. The number of hydrogen-bond acceptors (Lipinski definition) is 1. The van der Waals surface area contributed by atoms with E-state index in [0.717, 1.165) is 50.5 Å². The van der Waals surface area contributed by atoms with Crippen molar-refractivity contribution in [2.24, 2.45) is 5.73 Å². The van der Waals surface area contributed by atoms with Crippen LogP contribution < -0.4 is 5.73 Å². The highest BCUT2D eigenvalue weighted by molar-refractivity contribution is 5.95. The van der Waals surface area contributed by atoms with E-state index in [0.29, 0.717) is 0 Å². The Bertz CT molecular complexity index is 745. The molecule has 3 rings (SSSR count). The average Bonchev–Trinajstić information content (AvgIpc) is 2.89. The van der Waals surface area contributed by atoms with Crippen LogP contribution in [0.3, 0.4) is 0 Å². The zero-order valence-electron chi connectivity index (χ0n) is 23.4. The molecule has 0 fully saturated rings. The number of amides is 1. The van der Waals surface area contributed by atoms with E-state index >= 15 is 0 Å². The van der Waals surface area contributed by atoms with Gasteiger partial charge in [0.2, 0.25) is 5.91 Å². The van der Waals surface area contributed by atoms with Crippen molar-refractivity contribution in [3.05, 3.63) is 46.1 Å². The van der Waals surface area contributed by atoms with E-state index in [9.17, 15) is 4.79 Å². The first-order valence-electron chi connectivity index (χ1n) is 15.9. The molecular formula is C34H55NO. The SMILES string of the molecule is NC(=O)C(C/C1=C/CCCCCCCC1)=C(/C1=C/CCCCCCCC1)/C1=C/CCCCCCCC1. The van der Waals surface area contributed by atoms with Gasteiger partial charge in [-0.25, -0.2) is 0 Å². The molecule has 3 aliphatic rings. The topological polar surface area (TPSA) is 43.1 Å². The second kappa shape index (κ2) is 17.8. The van der Waals surface area contributed by atoms with Crippen LogP contribution >= 0.6 is 0 Å². The molecule has 2 N–H and O–H groups in total. The lowest BCUT2D eigenvalue weighted by molar-refractivity contribution is -0.114. The fraction of sp³-hybridized carbons (Fsp3) is 0.735. The van der Waals surface area contributed by atoms with Gasteiger partial charge in [0.25, 0.3) is 0 Å². The van der Waals surface area contributed by atoms with E-state index < -0.39 is 0 Å². The van der Waals surface area contributed by atoms with Crippen LogP contribution in [0.25, 0.3) is 0 Å². The van der Waals surface area contributed by atoms with Crippen LogP contribution in [0, 0.1) is 0 Å². The van der Waals surface area contributed by atoms with Crippen LogP contribution in [0.5, 0.6) is 0 Å². The molecule has 0 aromatic rings. The van der Waals surface area contributed by atoms with Gasteiger partial charge in [0, 0.05) is 5.57 Å². The Morgan fingerprint density at radius 3 is 1.39 bits per heavy atom. The van der Waals surface area contributed by atoms with Crippen LogP contribution in [0.15, 0.2) is 46.1 Å². The van der Waals surface area contributed by atoms with E-state index in [1.165, 1.54) is 138 Å². The Morgan fingerprint density at radius 1 is 0.528 bits per heavy atom. The molecule has 0 heterocycles. The molecular weight excluding hydrogens is 438 g/mol. The molecule has 0 aromatic carbocycles. The van der Waals surface area contributed by atoms with Crippen LogP contribution in [-0.4, -0.2) is 5.91 Å². The molecule has 1 amide bonds. The summed E-state index contributed by atoms with van der Waals surface area (Å²) in [5, 5.41) is 0. The molecule has 2 heteroatoms. The molecule has 0 atom stereocenters. The Hall–Kier alpha value is -1.57. The molecule has 2 nitrogen and oxygen atoms in total. The van der Waals surface area contributed by atoms with Gasteiger partial charge < -0.3 is 5.73 Å². The molecule has 3 aliphatic carbocycles. The second-order valence-corrected chi connectivity index (χ2v) is 11.7. The Morgan fingerprint density at radius 2 is 0.917 bits per heavy atom. The summed E-state index contributed by atoms with van der Waals surface area (Å²) < 4.78 is 0. The summed E-state index contributed by atoms with van der Waals surface area (Å²) >= 11 is 0. The lowest BCUT2D eigenvalue weighted by Crippen LogP contribution is -2.19. The maximum absolute atomic E-state index is 13.2. The molecule has 0 unspecified atom stereocenters. The molecule has 0 saturated carbocycles. The summed E-state index contributed by atoms with van der Waals surface area (Å²) in [7, 11) is 0. The van der Waals surface area contributed by atoms with Crippen molar-refractivity contribution in [3.8, 4) is 0 Å². The van der Waals surface area contributed by atoms with Crippen molar-refractivity contribution in [2.75, 3.05) is 0 Å². The summed E-state index contributed by atoms with van der Waals surface area (Å²) in [4.78, 5) is 13.2. The predicted molar refractivity (Wildman–Crippen MR) is 156 cm³/mol. The fourth-order valence-electron chi connectivity index (χ4n) is 6.44. The molecule has 0 bridgehead atoms.